The maximum Gasteiger partial charge on any atom is 0.188 e. The molecule has 0 radical (unpaired) electrons. The molecule has 3 aromatic rings. The highest BCUT2D eigenvalue weighted by molar-refractivity contribution is 9.11. The molecular weight excluding hydrogens is 421 g/mol. The van der Waals surface area contributed by atoms with E-state index in [1.54, 1.807) is 22.9 Å². The number of hydrogen-bond donors (Lipinski definition) is 1. The number of halogens is 3. The molecule has 0 unspecified atom stereocenters. The molecule has 0 spiro atoms. The molecule has 0 aliphatic heterocycles. The standard InChI is InChI=1S/C13H8Br2ClN5/c14-9-5-4-7(16)6-11(9)21-13(18-19-20-21)8-2-1-3-10(17)12(8)15/h1-6H,17H2. The minimum absolute atomic E-state index is 0.567. The average molecular weight is 430 g/mol. The summed E-state index contributed by atoms with van der Waals surface area (Å²) in [7, 11) is 0. The van der Waals surface area contributed by atoms with E-state index in [9.17, 15) is 0 Å². The molecule has 0 fully saturated rings. The van der Waals surface area contributed by atoms with Crippen LogP contribution in [-0.2, 0) is 0 Å². The first-order valence-electron chi connectivity index (χ1n) is 5.86. The van der Waals surface area contributed by atoms with Crippen molar-refractivity contribution in [1.29, 1.82) is 0 Å². The highest BCUT2D eigenvalue weighted by Crippen LogP contribution is 2.33. The molecule has 0 aliphatic carbocycles. The zero-order valence-electron chi connectivity index (χ0n) is 10.5. The summed E-state index contributed by atoms with van der Waals surface area (Å²) in [5, 5.41) is 12.5. The lowest BCUT2D eigenvalue weighted by atomic mass is 10.2. The van der Waals surface area contributed by atoms with Gasteiger partial charge in [-0.15, -0.1) is 5.10 Å². The van der Waals surface area contributed by atoms with Crippen molar-refractivity contribution in [1.82, 2.24) is 20.2 Å². The molecule has 1 aromatic heterocycles. The average Bonchev–Trinajstić information content (AvgIpc) is 2.93. The van der Waals surface area contributed by atoms with Crippen LogP contribution in [0.3, 0.4) is 0 Å². The quantitative estimate of drug-likeness (QED) is 0.623. The molecule has 8 heteroatoms. The van der Waals surface area contributed by atoms with E-state index in [0.717, 1.165) is 20.2 Å². The van der Waals surface area contributed by atoms with E-state index in [4.69, 9.17) is 17.3 Å². The van der Waals surface area contributed by atoms with E-state index < -0.39 is 0 Å². The topological polar surface area (TPSA) is 69.6 Å². The Labute approximate surface area is 142 Å². The second kappa shape index (κ2) is 5.75. The van der Waals surface area contributed by atoms with Crippen molar-refractivity contribution < 1.29 is 0 Å². The maximum atomic E-state index is 6.06. The van der Waals surface area contributed by atoms with Crippen molar-refractivity contribution in [3.63, 3.8) is 0 Å². The Hall–Kier alpha value is -1.44. The third kappa shape index (κ3) is 2.68. The van der Waals surface area contributed by atoms with Crippen LogP contribution in [0.25, 0.3) is 17.1 Å². The molecule has 0 amide bonds. The van der Waals surface area contributed by atoms with E-state index in [2.05, 4.69) is 47.4 Å². The molecule has 21 heavy (non-hydrogen) atoms. The molecule has 0 saturated carbocycles. The zero-order valence-corrected chi connectivity index (χ0v) is 14.4. The van der Waals surface area contributed by atoms with Crippen LogP contribution in [0, 0.1) is 0 Å². The van der Waals surface area contributed by atoms with Crippen molar-refractivity contribution in [3.05, 3.63) is 50.4 Å². The molecule has 1 heterocycles. The molecule has 0 bridgehead atoms. The molecular formula is C13H8Br2ClN5. The number of rotatable bonds is 2. The van der Waals surface area contributed by atoms with Gasteiger partial charge >= 0.3 is 0 Å². The van der Waals surface area contributed by atoms with Gasteiger partial charge in [-0.1, -0.05) is 17.7 Å². The van der Waals surface area contributed by atoms with E-state index in [1.807, 2.05) is 18.2 Å². The maximum absolute atomic E-state index is 6.06. The third-order valence-electron chi connectivity index (χ3n) is 2.88. The fourth-order valence-corrected chi connectivity index (χ4v) is 2.91. The van der Waals surface area contributed by atoms with Crippen molar-refractivity contribution in [3.8, 4) is 17.1 Å². The molecule has 5 nitrogen and oxygen atoms in total. The smallest absolute Gasteiger partial charge is 0.188 e. The lowest BCUT2D eigenvalue weighted by Gasteiger charge is -2.09. The van der Waals surface area contributed by atoms with E-state index in [0.29, 0.717) is 16.5 Å². The van der Waals surface area contributed by atoms with Gasteiger partial charge in [-0.3, -0.25) is 0 Å². The number of hydrogen-bond acceptors (Lipinski definition) is 4. The Morgan fingerprint density at radius 1 is 1.14 bits per heavy atom. The first-order valence-corrected chi connectivity index (χ1v) is 7.82. The second-order valence-electron chi connectivity index (χ2n) is 4.22. The Bertz CT molecular complexity index is 802. The first-order chi connectivity index (χ1) is 10.1. The SMILES string of the molecule is Nc1cccc(-c2nnnn2-c2cc(Cl)ccc2Br)c1Br. The van der Waals surface area contributed by atoms with Crippen LogP contribution in [0.4, 0.5) is 5.69 Å². The minimum Gasteiger partial charge on any atom is -0.398 e. The molecule has 2 N–H and O–H groups in total. The van der Waals surface area contributed by atoms with Gasteiger partial charge in [0.25, 0.3) is 0 Å². The van der Waals surface area contributed by atoms with E-state index in [1.165, 1.54) is 0 Å². The summed E-state index contributed by atoms with van der Waals surface area (Å²) in [4.78, 5) is 0. The minimum atomic E-state index is 0.567. The Morgan fingerprint density at radius 3 is 2.76 bits per heavy atom. The number of benzene rings is 2. The highest BCUT2D eigenvalue weighted by atomic mass is 79.9. The second-order valence-corrected chi connectivity index (χ2v) is 6.30. The lowest BCUT2D eigenvalue weighted by Crippen LogP contribution is -2.02. The van der Waals surface area contributed by atoms with Crippen LogP contribution >= 0.6 is 43.5 Å². The van der Waals surface area contributed by atoms with Crippen LogP contribution in [0.2, 0.25) is 5.02 Å². The molecule has 0 aliphatic rings. The first kappa shape index (κ1) is 14.5. The normalized spacial score (nSPS) is 10.8. The summed E-state index contributed by atoms with van der Waals surface area (Å²) in [5.74, 6) is 0.567. The fraction of sp³-hybridized carbons (Fsp3) is 0. The summed E-state index contributed by atoms with van der Waals surface area (Å²) in [6, 6.07) is 11.0. The van der Waals surface area contributed by atoms with Crippen molar-refractivity contribution >= 4 is 49.1 Å². The fourth-order valence-electron chi connectivity index (χ4n) is 1.89. The predicted octanol–water partition coefficient (Wildman–Crippen LogP) is 4.09. The summed E-state index contributed by atoms with van der Waals surface area (Å²) in [5.41, 5.74) is 8.08. The summed E-state index contributed by atoms with van der Waals surface area (Å²) >= 11 is 13.0. The van der Waals surface area contributed by atoms with E-state index >= 15 is 0 Å². The third-order valence-corrected chi connectivity index (χ3v) is 4.67. The largest absolute Gasteiger partial charge is 0.398 e. The van der Waals surface area contributed by atoms with Gasteiger partial charge in [0.2, 0.25) is 0 Å². The number of nitrogens with two attached hydrogens (primary N) is 1. The molecule has 0 atom stereocenters. The van der Waals surface area contributed by atoms with Crippen LogP contribution in [0.15, 0.2) is 45.3 Å². The number of tetrazole rings is 1. The lowest BCUT2D eigenvalue weighted by molar-refractivity contribution is 0.789. The van der Waals surface area contributed by atoms with Gasteiger partial charge < -0.3 is 5.73 Å². The van der Waals surface area contributed by atoms with Crippen LogP contribution in [0.1, 0.15) is 0 Å². The summed E-state index contributed by atoms with van der Waals surface area (Å²) in [6.45, 7) is 0. The monoisotopic (exact) mass is 427 g/mol. The van der Waals surface area contributed by atoms with Gasteiger partial charge in [0.1, 0.15) is 0 Å². The predicted molar refractivity (Wildman–Crippen MR) is 89.4 cm³/mol. The van der Waals surface area contributed by atoms with Crippen molar-refractivity contribution in [2.75, 3.05) is 5.73 Å². The van der Waals surface area contributed by atoms with Gasteiger partial charge in [0.15, 0.2) is 5.82 Å². The highest BCUT2D eigenvalue weighted by Gasteiger charge is 2.16. The Balaban J connectivity index is 2.22. The van der Waals surface area contributed by atoms with Crippen molar-refractivity contribution in [2.45, 2.75) is 0 Å². The number of nitrogens with zero attached hydrogens (tertiary/aromatic N) is 4. The molecule has 0 saturated heterocycles. The van der Waals surface area contributed by atoms with Crippen LogP contribution in [-0.4, -0.2) is 20.2 Å². The van der Waals surface area contributed by atoms with Gasteiger partial charge in [-0.05, 0) is 72.6 Å². The number of anilines is 1. The molecule has 2 aromatic carbocycles. The number of nitrogen functional groups attached to an aromatic ring is 1. The molecule has 3 rings (SSSR count). The van der Waals surface area contributed by atoms with Gasteiger partial charge in [0, 0.05) is 20.7 Å². The van der Waals surface area contributed by atoms with Crippen LogP contribution < -0.4 is 5.73 Å². The van der Waals surface area contributed by atoms with Gasteiger partial charge in [-0.25, -0.2) is 0 Å². The van der Waals surface area contributed by atoms with E-state index in [-0.39, 0.29) is 0 Å². The van der Waals surface area contributed by atoms with Crippen LogP contribution in [0.5, 0.6) is 0 Å². The van der Waals surface area contributed by atoms with Gasteiger partial charge in [0.05, 0.1) is 10.2 Å². The molecule has 106 valence electrons. The van der Waals surface area contributed by atoms with Crippen molar-refractivity contribution in [2.24, 2.45) is 0 Å². The summed E-state index contributed by atoms with van der Waals surface area (Å²) in [6.07, 6.45) is 0. The zero-order chi connectivity index (χ0) is 15.0. The van der Waals surface area contributed by atoms with Gasteiger partial charge in [-0.2, -0.15) is 4.68 Å². The number of aromatic nitrogens is 4. The Kier molecular flexibility index (Phi) is 3.97. The Morgan fingerprint density at radius 2 is 1.95 bits per heavy atom. The summed E-state index contributed by atoms with van der Waals surface area (Å²) < 4.78 is 3.19.